The Morgan fingerprint density at radius 1 is 0.509 bits per heavy atom. The van der Waals surface area contributed by atoms with E-state index in [9.17, 15) is 63.3 Å². The van der Waals surface area contributed by atoms with Gasteiger partial charge in [-0.25, -0.2) is 4.79 Å². The molecule has 1 fully saturated rings. The zero-order valence-electron chi connectivity index (χ0n) is 59.6. The summed E-state index contributed by atoms with van der Waals surface area (Å²) in [5, 5.41) is 74.9. The van der Waals surface area contributed by atoms with Gasteiger partial charge in [-0.05, 0) is 91.3 Å². The molecule has 1 saturated heterocycles. The normalized spacial score (nSPS) is 15.2. The van der Waals surface area contributed by atoms with E-state index in [1.54, 1.807) is 136 Å². The molecule has 1 aliphatic heterocycles. The molecule has 10 atom stereocenters. The number of H-pyrrole nitrogens is 3. The number of nitrogens with one attached hydrogen (secondary N) is 14. The lowest BCUT2D eigenvalue weighted by Gasteiger charge is -2.31. The number of likely N-dealkylation sites (tertiary alicyclic amines) is 1. The highest BCUT2D eigenvalue weighted by Crippen LogP contribution is 2.25. The molecular formula is C74H93N17O17. The van der Waals surface area contributed by atoms with Gasteiger partial charge in [0.05, 0.1) is 19.2 Å². The Balaban J connectivity index is 1.04. The molecular weight excluding hydrogens is 1400 g/mol. The lowest BCUT2D eigenvalue weighted by molar-refractivity contribution is -0.144. The minimum absolute atomic E-state index is 0.0116. The van der Waals surface area contributed by atoms with Crippen LogP contribution in [-0.4, -0.2) is 210 Å². The lowest BCUT2D eigenvalue weighted by Crippen LogP contribution is -2.61. The maximum atomic E-state index is 15.2. The fourth-order valence-corrected chi connectivity index (χ4v) is 12.8. The van der Waals surface area contributed by atoms with E-state index in [2.05, 4.69) is 68.1 Å². The summed E-state index contributed by atoms with van der Waals surface area (Å²) < 4.78 is 0. The van der Waals surface area contributed by atoms with Crippen molar-refractivity contribution in [3.05, 3.63) is 144 Å². The molecule has 0 aliphatic carbocycles. The van der Waals surface area contributed by atoms with Crippen molar-refractivity contribution in [1.29, 1.82) is 5.41 Å². The van der Waals surface area contributed by atoms with Crippen molar-refractivity contribution in [2.45, 2.75) is 158 Å². The molecule has 0 radical (unpaired) electrons. The molecule has 0 bridgehead atoms. The number of hydrogen-bond acceptors (Lipinski definition) is 16. The van der Waals surface area contributed by atoms with Crippen molar-refractivity contribution in [2.75, 3.05) is 26.2 Å². The molecule has 34 nitrogen and oxygen atoms in total. The van der Waals surface area contributed by atoms with Gasteiger partial charge < -0.3 is 105 Å². The highest BCUT2D eigenvalue weighted by molar-refractivity contribution is 6.00. The number of amides is 10. The Morgan fingerprint density at radius 3 is 1.45 bits per heavy atom. The number of aliphatic carboxylic acids is 3. The maximum Gasteiger partial charge on any atom is 0.326 e. The smallest absolute Gasteiger partial charge is 0.326 e. The number of carbonyl (C=O) groups is 13. The third kappa shape index (κ3) is 23.4. The molecule has 4 aromatic carbocycles. The number of benzene rings is 4. The van der Waals surface area contributed by atoms with Gasteiger partial charge in [0.2, 0.25) is 59.1 Å². The number of aromatic amines is 3. The van der Waals surface area contributed by atoms with Crippen LogP contribution < -0.4 is 64.6 Å². The van der Waals surface area contributed by atoms with Gasteiger partial charge in [-0.3, -0.25) is 62.9 Å². The Hall–Kier alpha value is -12.2. The predicted molar refractivity (Wildman–Crippen MR) is 394 cm³/mol. The van der Waals surface area contributed by atoms with Gasteiger partial charge in [-0.15, -0.1) is 0 Å². The van der Waals surface area contributed by atoms with Gasteiger partial charge in [-0.2, -0.15) is 0 Å². The van der Waals surface area contributed by atoms with Crippen LogP contribution in [0, 0.1) is 11.3 Å². The number of aliphatic hydroxyl groups excluding tert-OH is 1. The summed E-state index contributed by atoms with van der Waals surface area (Å²) in [7, 11) is 0. The van der Waals surface area contributed by atoms with Gasteiger partial charge in [0.1, 0.15) is 54.4 Å². The predicted octanol–water partition coefficient (Wildman–Crippen LogP) is -0.170. The van der Waals surface area contributed by atoms with Crippen molar-refractivity contribution in [3.63, 3.8) is 0 Å². The minimum atomic E-state index is -1.83. The second-order valence-electron chi connectivity index (χ2n) is 26.9. The second-order valence-corrected chi connectivity index (χ2v) is 26.9. The molecule has 0 unspecified atom stereocenters. The van der Waals surface area contributed by atoms with E-state index in [1.165, 1.54) is 4.90 Å². The molecule has 576 valence electrons. The number of guanidine groups is 1. The number of aromatic nitrogens is 3. The third-order valence-electron chi connectivity index (χ3n) is 18.4. The zero-order valence-corrected chi connectivity index (χ0v) is 59.6. The average molecular weight is 1490 g/mol. The first-order valence-corrected chi connectivity index (χ1v) is 35.5. The van der Waals surface area contributed by atoms with Crippen molar-refractivity contribution in [1.82, 2.24) is 73.0 Å². The van der Waals surface area contributed by atoms with Crippen LogP contribution in [0.25, 0.3) is 32.7 Å². The van der Waals surface area contributed by atoms with E-state index in [0.29, 0.717) is 61.4 Å². The maximum absolute atomic E-state index is 15.2. The summed E-state index contributed by atoms with van der Waals surface area (Å²) >= 11 is 0. The quantitative estimate of drug-likeness (QED) is 0.0134. The Bertz CT molecular complexity index is 4390. The largest absolute Gasteiger partial charge is 0.481 e. The number of aliphatic hydroxyl groups is 1. The molecule has 1 aliphatic rings. The zero-order chi connectivity index (χ0) is 78.1. The van der Waals surface area contributed by atoms with E-state index in [-0.39, 0.29) is 82.8 Å². The highest BCUT2D eigenvalue weighted by Gasteiger charge is 2.41. The first kappa shape index (κ1) is 81.5. The fraction of sp³-hybridized carbons (Fsp3) is 0.405. The summed E-state index contributed by atoms with van der Waals surface area (Å²) in [5.74, 6) is -13.6. The monoisotopic (exact) mass is 1490 g/mol. The second kappa shape index (κ2) is 39.2. The van der Waals surface area contributed by atoms with Gasteiger partial charge in [-0.1, -0.05) is 98.8 Å². The van der Waals surface area contributed by atoms with Crippen LogP contribution in [0.4, 0.5) is 0 Å². The number of carbonyl (C=O) groups excluding carboxylic acids is 10. The van der Waals surface area contributed by atoms with Crippen molar-refractivity contribution < 1.29 is 82.8 Å². The van der Waals surface area contributed by atoms with Crippen LogP contribution in [0.5, 0.6) is 0 Å². The first-order chi connectivity index (χ1) is 51.7. The number of nitrogens with two attached hydrogens (primary N) is 2. The van der Waals surface area contributed by atoms with Crippen LogP contribution >= 0.6 is 0 Å². The number of para-hydroxylation sites is 3. The molecule has 0 spiro atoms. The van der Waals surface area contributed by atoms with Crippen LogP contribution in [0.15, 0.2) is 122 Å². The van der Waals surface area contributed by atoms with Crippen LogP contribution in [0.3, 0.4) is 0 Å². The molecule has 34 heteroatoms. The van der Waals surface area contributed by atoms with Gasteiger partial charge in [0, 0.05) is 103 Å². The number of fused-ring (bicyclic) bond motifs is 3. The summed E-state index contributed by atoms with van der Waals surface area (Å²) in [5.41, 5.74) is 15.6. The minimum Gasteiger partial charge on any atom is -0.481 e. The number of carboxylic acid groups (broad SMARTS) is 3. The SMILES string of the molecule is CC(C)C[C@H](NC(=O)[C@H](Cc1c[nH]c2ccccc12)NC(=O)[C@H](CO)NC(=O)[C@H](Cc1c[nH]c2ccccc12)NC(=O)[C@H](Cc1c[nH]c2ccccc12)NC(=O)CNC(=O)[C@@H](N)CCC(=O)O)C(=O)N[C@@H](Cc1ccccc1)C(=O)N1CCC[C@H]1C(=O)N[C@@H](CCCNC(=N)N)C(=O)N[C@@H](CCC(=O)O)C(=O)O. The van der Waals surface area contributed by atoms with Crippen LogP contribution in [0.1, 0.15) is 93.9 Å². The molecule has 7 aromatic rings. The molecule has 4 heterocycles. The van der Waals surface area contributed by atoms with Crippen LogP contribution in [-0.2, 0) is 88.0 Å². The highest BCUT2D eigenvalue weighted by atomic mass is 16.4. The van der Waals surface area contributed by atoms with Crippen molar-refractivity contribution >= 4 is 116 Å². The van der Waals surface area contributed by atoms with Gasteiger partial charge in [0.25, 0.3) is 0 Å². The number of carboxylic acids is 3. The van der Waals surface area contributed by atoms with Gasteiger partial charge >= 0.3 is 17.9 Å². The number of nitrogens with zero attached hydrogens (tertiary/aromatic N) is 1. The average Bonchev–Trinajstić information content (AvgIpc) is 1.65. The standard InChI is InChI=1S/C74H93N17O17/c1-40(2)30-54(66(100)89-58(31-41-14-4-3-5-15-41)72(106)91-29-13-23-60(91)71(105)84-52(22-12-28-78-74(76)77)65(99)85-53(73(107)108)25-27-63(96)97)86-68(102)56(33-43-36-80-50-20-10-7-17-46(43)50)88-70(104)59(39-92)90-69(103)57(34-44-37-81-51-21-11-8-18-47(44)51)87-67(101)55(32-42-35-79-49-19-9-6-16-45(42)49)83-61(93)38-82-64(98)48(75)24-26-62(94)95/h3-11,14-21,35-37,40,48,52-60,79-81,92H,12-13,22-34,38-39,75H2,1-2H3,(H,82,98)(H,83,93)(H,84,105)(H,85,99)(H,86,102)(H,87,101)(H,88,104)(H,89,100)(H,90,103)(H,94,95)(H,96,97)(H,107,108)(H4,76,77,78)/t48-,52-,53-,54-,55-,56-,57-,58-,59-,60-/m0/s1. The Morgan fingerprint density at radius 2 is 0.954 bits per heavy atom. The number of hydrogen-bond donors (Lipinski definition) is 20. The van der Waals surface area contributed by atoms with Gasteiger partial charge in [0.15, 0.2) is 5.96 Å². The van der Waals surface area contributed by atoms with E-state index in [4.69, 9.17) is 22.0 Å². The summed E-state index contributed by atoms with van der Waals surface area (Å²) in [6, 6.07) is 15.1. The molecule has 108 heavy (non-hydrogen) atoms. The van der Waals surface area contributed by atoms with E-state index in [0.717, 1.165) is 0 Å². The Labute approximate surface area is 619 Å². The Kier molecular flexibility index (Phi) is 29.6. The van der Waals surface area contributed by atoms with Crippen molar-refractivity contribution in [2.24, 2.45) is 17.4 Å². The van der Waals surface area contributed by atoms with E-state index < -0.39 is 170 Å². The first-order valence-electron chi connectivity index (χ1n) is 35.5. The topological polar surface area (TPSA) is 550 Å². The summed E-state index contributed by atoms with van der Waals surface area (Å²) in [4.78, 5) is 190. The van der Waals surface area contributed by atoms with E-state index in [1.807, 2.05) is 0 Å². The fourth-order valence-electron chi connectivity index (χ4n) is 12.8. The molecule has 8 rings (SSSR count). The van der Waals surface area contributed by atoms with Crippen molar-refractivity contribution in [3.8, 4) is 0 Å². The molecule has 0 saturated carbocycles. The molecule has 10 amide bonds. The van der Waals surface area contributed by atoms with E-state index >= 15 is 14.4 Å². The summed E-state index contributed by atoms with van der Waals surface area (Å²) in [6.45, 7) is 1.89. The molecule has 22 N–H and O–H groups in total. The summed E-state index contributed by atoms with van der Waals surface area (Å²) in [6.07, 6.45) is 2.75. The number of rotatable bonds is 41. The molecule has 3 aromatic heterocycles. The van der Waals surface area contributed by atoms with Crippen LogP contribution in [0.2, 0.25) is 0 Å². The lowest BCUT2D eigenvalue weighted by atomic mass is 9.99. The third-order valence-corrected chi connectivity index (χ3v) is 18.4.